The van der Waals surface area contributed by atoms with Crippen molar-refractivity contribution in [3.05, 3.63) is 48.0 Å². The molecule has 2 radical (unpaired) electrons. The van der Waals surface area contributed by atoms with Crippen molar-refractivity contribution in [2.75, 3.05) is 18.4 Å². The van der Waals surface area contributed by atoms with Gasteiger partial charge in [0, 0.05) is 49.7 Å². The molecule has 3 aliphatic rings. The molecule has 32 heavy (non-hydrogen) atoms. The third-order valence-corrected chi connectivity index (χ3v) is 8.66. The predicted octanol–water partition coefficient (Wildman–Crippen LogP) is 3.14. The fraction of sp³-hybridized carbons (Fsp3) is 0.560. The van der Waals surface area contributed by atoms with Gasteiger partial charge in [0.25, 0.3) is 0 Å². The van der Waals surface area contributed by atoms with Crippen LogP contribution in [0.2, 0.25) is 0 Å². The van der Waals surface area contributed by atoms with Gasteiger partial charge in [-0.15, -0.1) is 0 Å². The van der Waals surface area contributed by atoms with Crippen molar-refractivity contribution in [1.29, 1.82) is 0 Å². The number of hydrogen-bond donors (Lipinski definition) is 1. The van der Waals surface area contributed by atoms with Crippen LogP contribution in [0.3, 0.4) is 0 Å². The number of nitrogens with zero attached hydrogens (tertiary/aromatic N) is 5. The molecule has 3 fully saturated rings. The number of likely N-dealkylation sites (tertiary alicyclic amines) is 1. The van der Waals surface area contributed by atoms with Gasteiger partial charge in [0.05, 0.1) is 5.69 Å². The Labute approximate surface area is 191 Å². The number of aromatic nitrogens is 4. The molecule has 4 heterocycles. The Bertz CT molecular complexity index is 1130. The van der Waals surface area contributed by atoms with E-state index in [0.29, 0.717) is 23.3 Å². The lowest BCUT2D eigenvalue weighted by atomic mass is 9.87. The fourth-order valence-electron chi connectivity index (χ4n) is 6.36. The molecular formula is C25H31BN6. The Morgan fingerprint density at radius 2 is 2.22 bits per heavy atom. The van der Waals surface area contributed by atoms with Gasteiger partial charge in [-0.1, -0.05) is 19.9 Å². The Kier molecular flexibility index (Phi) is 4.79. The van der Waals surface area contributed by atoms with E-state index in [4.69, 9.17) is 12.8 Å². The van der Waals surface area contributed by atoms with Crippen LogP contribution in [0, 0.1) is 17.3 Å². The van der Waals surface area contributed by atoms with Gasteiger partial charge >= 0.3 is 0 Å². The highest BCUT2D eigenvalue weighted by Crippen LogP contribution is 2.67. The van der Waals surface area contributed by atoms with Gasteiger partial charge in [-0.3, -0.25) is 9.88 Å². The quantitative estimate of drug-likeness (QED) is 0.636. The van der Waals surface area contributed by atoms with Crippen LogP contribution >= 0.6 is 0 Å². The number of piperidine rings is 1. The summed E-state index contributed by atoms with van der Waals surface area (Å²) in [4.78, 5) is 12.0. The summed E-state index contributed by atoms with van der Waals surface area (Å²) in [5, 5.41) is 8.00. The SMILES string of the molecule is [B]c1cnn2c(NCc3cccnc3)cc(C3CCCN(C4C[C@@H]5CC5(C)[C@@H]4C)C3)nc12. The summed E-state index contributed by atoms with van der Waals surface area (Å²) in [7, 11) is 6.24. The second-order valence-corrected chi connectivity index (χ2v) is 10.4. The maximum atomic E-state index is 6.24. The van der Waals surface area contributed by atoms with Crippen molar-refractivity contribution in [3.63, 3.8) is 0 Å². The van der Waals surface area contributed by atoms with Crippen LogP contribution in [-0.2, 0) is 6.54 Å². The number of hydrogen-bond acceptors (Lipinski definition) is 5. The van der Waals surface area contributed by atoms with Crippen LogP contribution < -0.4 is 10.8 Å². The summed E-state index contributed by atoms with van der Waals surface area (Å²) < 4.78 is 1.82. The van der Waals surface area contributed by atoms with Crippen LogP contribution in [0.25, 0.3) is 5.65 Å². The molecule has 3 aromatic rings. The lowest BCUT2D eigenvalue weighted by Gasteiger charge is -2.40. The highest BCUT2D eigenvalue weighted by Gasteiger charge is 2.62. The molecule has 1 aliphatic heterocycles. The molecule has 0 amide bonds. The number of pyridine rings is 1. The third kappa shape index (κ3) is 3.33. The monoisotopic (exact) mass is 426 g/mol. The minimum atomic E-state index is 0.430. The normalized spacial score (nSPS) is 32.2. The van der Waals surface area contributed by atoms with E-state index in [9.17, 15) is 0 Å². The number of nitrogens with one attached hydrogen (secondary N) is 1. The van der Waals surface area contributed by atoms with Crippen molar-refractivity contribution < 1.29 is 0 Å². The Morgan fingerprint density at radius 1 is 1.31 bits per heavy atom. The maximum Gasteiger partial charge on any atom is 0.150 e. The first-order chi connectivity index (χ1) is 15.5. The second-order valence-electron chi connectivity index (χ2n) is 10.4. The fourth-order valence-corrected chi connectivity index (χ4v) is 6.36. The van der Waals surface area contributed by atoms with E-state index in [-0.39, 0.29) is 0 Å². The first-order valence-electron chi connectivity index (χ1n) is 12.0. The van der Waals surface area contributed by atoms with Crippen molar-refractivity contribution >= 4 is 24.8 Å². The summed E-state index contributed by atoms with van der Waals surface area (Å²) in [5.74, 6) is 3.11. The molecule has 2 saturated carbocycles. The van der Waals surface area contributed by atoms with E-state index in [1.165, 1.54) is 32.2 Å². The first kappa shape index (κ1) is 20.2. The van der Waals surface area contributed by atoms with Crippen LogP contribution in [0.5, 0.6) is 0 Å². The summed E-state index contributed by atoms with van der Waals surface area (Å²) in [6, 6.07) is 6.94. The summed E-state index contributed by atoms with van der Waals surface area (Å²) >= 11 is 0. The zero-order valence-electron chi connectivity index (χ0n) is 19.0. The minimum absolute atomic E-state index is 0.430. The maximum absolute atomic E-state index is 6.24. The molecule has 5 atom stereocenters. The largest absolute Gasteiger partial charge is 0.366 e. The Morgan fingerprint density at radius 3 is 3.00 bits per heavy atom. The molecule has 1 saturated heterocycles. The van der Waals surface area contributed by atoms with Gasteiger partial charge in [0.1, 0.15) is 13.7 Å². The zero-order valence-corrected chi connectivity index (χ0v) is 19.0. The summed E-state index contributed by atoms with van der Waals surface area (Å²) in [6.45, 7) is 7.98. The van der Waals surface area contributed by atoms with Crippen LogP contribution in [0.15, 0.2) is 36.8 Å². The average Bonchev–Trinajstić information content (AvgIpc) is 3.23. The van der Waals surface area contributed by atoms with Crippen LogP contribution in [-0.4, -0.2) is 51.5 Å². The smallest absolute Gasteiger partial charge is 0.150 e. The molecule has 1 N–H and O–H groups in total. The molecular weight excluding hydrogens is 395 g/mol. The van der Waals surface area contributed by atoms with Gasteiger partial charge in [-0.2, -0.15) is 9.61 Å². The third-order valence-electron chi connectivity index (χ3n) is 8.66. The molecule has 2 aliphatic carbocycles. The molecule has 3 unspecified atom stereocenters. The van der Waals surface area contributed by atoms with E-state index in [1.54, 1.807) is 12.4 Å². The Balaban J connectivity index is 1.26. The Hall–Kier alpha value is -2.41. The molecule has 0 spiro atoms. The van der Waals surface area contributed by atoms with Crippen LogP contribution in [0.1, 0.15) is 56.7 Å². The number of anilines is 1. The molecule has 7 heteroatoms. The number of fused-ring (bicyclic) bond motifs is 2. The van der Waals surface area contributed by atoms with Crippen molar-refractivity contribution in [2.24, 2.45) is 17.3 Å². The van der Waals surface area contributed by atoms with Crippen molar-refractivity contribution in [1.82, 2.24) is 24.5 Å². The minimum Gasteiger partial charge on any atom is -0.366 e. The van der Waals surface area contributed by atoms with Crippen molar-refractivity contribution in [2.45, 2.75) is 58.0 Å². The molecule has 3 aromatic heterocycles. The highest BCUT2D eigenvalue weighted by molar-refractivity contribution is 6.36. The summed E-state index contributed by atoms with van der Waals surface area (Å²) in [6.07, 6.45) is 10.6. The van der Waals surface area contributed by atoms with E-state index in [2.05, 4.69) is 46.3 Å². The van der Waals surface area contributed by atoms with Crippen LogP contribution in [0.4, 0.5) is 5.82 Å². The number of rotatable bonds is 5. The lowest BCUT2D eigenvalue weighted by Crippen LogP contribution is -2.45. The standard InChI is InChI=1S/C25H31BN6/c1-16-22(9-19-11-25(16,19)2)31-8-4-6-18(15-31)21-10-23(28-13-17-5-3-7-27-12-17)32-24(30-21)20(26)14-29-32/h3,5,7,10,12,14,16,18-19,22,28H,4,6,8-9,11,13,15H2,1-2H3/t16-,18?,19-,22?,25?/m1/s1. The van der Waals surface area contributed by atoms with Gasteiger partial charge in [0.2, 0.25) is 0 Å². The lowest BCUT2D eigenvalue weighted by molar-refractivity contribution is 0.102. The van der Waals surface area contributed by atoms with Crippen molar-refractivity contribution in [3.8, 4) is 0 Å². The zero-order chi connectivity index (χ0) is 21.9. The van der Waals surface area contributed by atoms with E-state index >= 15 is 0 Å². The topological polar surface area (TPSA) is 58.4 Å². The second kappa shape index (κ2) is 7.58. The average molecular weight is 426 g/mol. The van der Waals surface area contributed by atoms with E-state index in [0.717, 1.165) is 47.1 Å². The van der Waals surface area contributed by atoms with Gasteiger partial charge in [0.15, 0.2) is 5.65 Å². The molecule has 0 aromatic carbocycles. The first-order valence-corrected chi connectivity index (χ1v) is 12.0. The molecule has 0 bridgehead atoms. The predicted molar refractivity (Wildman–Crippen MR) is 127 cm³/mol. The van der Waals surface area contributed by atoms with Gasteiger partial charge < -0.3 is 5.32 Å². The van der Waals surface area contributed by atoms with E-state index < -0.39 is 0 Å². The van der Waals surface area contributed by atoms with Gasteiger partial charge in [-0.25, -0.2) is 4.98 Å². The molecule has 6 nitrogen and oxygen atoms in total. The van der Waals surface area contributed by atoms with Gasteiger partial charge in [-0.05, 0) is 66.6 Å². The molecule has 164 valence electrons. The molecule has 6 rings (SSSR count). The highest BCUT2D eigenvalue weighted by atomic mass is 15.3. The summed E-state index contributed by atoms with van der Waals surface area (Å²) in [5.41, 5.74) is 4.23. The van der Waals surface area contributed by atoms with E-state index in [1.807, 2.05) is 16.8 Å².